The molecule has 0 spiro atoms. The molecule has 0 radical (unpaired) electrons. The van der Waals surface area contributed by atoms with Gasteiger partial charge in [0.2, 0.25) is 0 Å². The van der Waals surface area contributed by atoms with E-state index in [4.69, 9.17) is 4.74 Å². The molecule has 0 atom stereocenters. The van der Waals surface area contributed by atoms with Gasteiger partial charge < -0.3 is 9.84 Å². The zero-order valence-corrected chi connectivity index (χ0v) is 10.7. The first kappa shape index (κ1) is 14.2. The topological polar surface area (TPSA) is 63.6 Å². The maximum atomic E-state index is 11.8. The lowest BCUT2D eigenvalue weighted by molar-refractivity contribution is -0.141. The third-order valence-electron chi connectivity index (χ3n) is 2.64. The zero-order valence-electron chi connectivity index (χ0n) is 10.7. The Morgan fingerprint density at radius 2 is 2.06 bits per heavy atom. The van der Waals surface area contributed by atoms with E-state index in [-0.39, 0.29) is 24.1 Å². The molecule has 0 heterocycles. The van der Waals surface area contributed by atoms with E-state index in [1.165, 1.54) is 13.0 Å². The van der Waals surface area contributed by atoms with Gasteiger partial charge in [0.25, 0.3) is 0 Å². The molecule has 0 aliphatic heterocycles. The Hall–Kier alpha value is -1.84. The number of rotatable bonds is 6. The van der Waals surface area contributed by atoms with E-state index in [0.29, 0.717) is 24.8 Å². The second kappa shape index (κ2) is 6.79. The van der Waals surface area contributed by atoms with Crippen molar-refractivity contribution in [3.05, 3.63) is 29.3 Å². The Balaban J connectivity index is 2.53. The smallest absolute Gasteiger partial charge is 0.302 e. The van der Waals surface area contributed by atoms with E-state index in [9.17, 15) is 14.7 Å². The minimum Gasteiger partial charge on any atom is -0.508 e. The molecule has 0 aliphatic carbocycles. The van der Waals surface area contributed by atoms with Gasteiger partial charge in [-0.1, -0.05) is 6.92 Å². The SMILES string of the molecule is CCc1cc(C(=O)CCCOC(C)=O)ccc1O. The van der Waals surface area contributed by atoms with Crippen LogP contribution in [-0.4, -0.2) is 23.5 Å². The van der Waals surface area contributed by atoms with E-state index in [1.54, 1.807) is 12.1 Å². The fraction of sp³-hybridized carbons (Fsp3) is 0.429. The first-order chi connectivity index (χ1) is 8.54. The highest BCUT2D eigenvalue weighted by atomic mass is 16.5. The summed E-state index contributed by atoms with van der Waals surface area (Å²) in [5, 5.41) is 9.52. The number of carbonyl (C=O) groups excluding carboxylic acids is 2. The van der Waals surface area contributed by atoms with Crippen LogP contribution in [0.25, 0.3) is 0 Å². The van der Waals surface area contributed by atoms with Crippen LogP contribution in [0.4, 0.5) is 0 Å². The Kier molecular flexibility index (Phi) is 5.36. The molecule has 4 nitrogen and oxygen atoms in total. The van der Waals surface area contributed by atoms with Gasteiger partial charge in [0.15, 0.2) is 5.78 Å². The standard InChI is InChI=1S/C14H18O4/c1-3-11-9-12(6-7-14(11)17)13(16)5-4-8-18-10(2)15/h6-7,9,17H,3-5,8H2,1-2H3. The Labute approximate surface area is 107 Å². The van der Waals surface area contributed by atoms with Crippen molar-refractivity contribution < 1.29 is 19.4 Å². The van der Waals surface area contributed by atoms with E-state index in [1.807, 2.05) is 6.92 Å². The van der Waals surface area contributed by atoms with Crippen molar-refractivity contribution in [2.45, 2.75) is 33.1 Å². The summed E-state index contributed by atoms with van der Waals surface area (Å²) in [6.45, 7) is 3.53. The molecule has 0 aromatic heterocycles. The van der Waals surface area contributed by atoms with Crippen molar-refractivity contribution in [3.8, 4) is 5.75 Å². The molecular formula is C14H18O4. The zero-order chi connectivity index (χ0) is 13.5. The van der Waals surface area contributed by atoms with Crippen molar-refractivity contribution >= 4 is 11.8 Å². The lowest BCUT2D eigenvalue weighted by Crippen LogP contribution is -2.05. The summed E-state index contributed by atoms with van der Waals surface area (Å²) in [4.78, 5) is 22.4. The molecule has 0 fully saturated rings. The minimum absolute atomic E-state index is 0.00291. The number of phenolic OH excluding ortho intramolecular Hbond substituents is 1. The molecule has 1 N–H and O–H groups in total. The van der Waals surface area contributed by atoms with Gasteiger partial charge in [0.05, 0.1) is 6.61 Å². The first-order valence-electron chi connectivity index (χ1n) is 6.03. The van der Waals surface area contributed by atoms with Crippen LogP contribution in [0.2, 0.25) is 0 Å². The number of carbonyl (C=O) groups is 2. The quantitative estimate of drug-likeness (QED) is 0.478. The number of aryl methyl sites for hydroxylation is 1. The van der Waals surface area contributed by atoms with Crippen LogP contribution in [0.5, 0.6) is 5.75 Å². The summed E-state index contributed by atoms with van der Waals surface area (Å²) in [6, 6.07) is 4.87. The van der Waals surface area contributed by atoms with Crippen molar-refractivity contribution in [1.82, 2.24) is 0 Å². The van der Waals surface area contributed by atoms with Crippen LogP contribution >= 0.6 is 0 Å². The molecule has 0 bridgehead atoms. The normalized spacial score (nSPS) is 10.1. The largest absolute Gasteiger partial charge is 0.508 e. The summed E-state index contributed by atoms with van der Waals surface area (Å²) in [7, 11) is 0. The van der Waals surface area contributed by atoms with Crippen molar-refractivity contribution in [2.75, 3.05) is 6.61 Å². The first-order valence-corrected chi connectivity index (χ1v) is 6.03. The van der Waals surface area contributed by atoms with Gasteiger partial charge in [0, 0.05) is 18.9 Å². The van der Waals surface area contributed by atoms with Gasteiger partial charge in [0.1, 0.15) is 5.75 Å². The minimum atomic E-state index is -0.333. The number of hydrogen-bond donors (Lipinski definition) is 1. The number of aromatic hydroxyl groups is 1. The molecule has 0 aliphatic rings. The molecular weight excluding hydrogens is 232 g/mol. The second-order valence-corrected chi connectivity index (χ2v) is 4.06. The number of Topliss-reactive ketones (excluding diaryl/α,β-unsaturated/α-hetero) is 1. The number of ketones is 1. The summed E-state index contributed by atoms with van der Waals surface area (Å²) >= 11 is 0. The fourth-order valence-electron chi connectivity index (χ4n) is 1.64. The van der Waals surface area contributed by atoms with Crippen molar-refractivity contribution in [3.63, 3.8) is 0 Å². The van der Waals surface area contributed by atoms with Crippen LogP contribution in [0.15, 0.2) is 18.2 Å². The molecule has 1 aromatic carbocycles. The maximum absolute atomic E-state index is 11.8. The summed E-state index contributed by atoms with van der Waals surface area (Å²) in [6.07, 6.45) is 1.53. The summed E-state index contributed by atoms with van der Waals surface area (Å²) in [5.74, 6) is -0.119. The van der Waals surface area contributed by atoms with Crippen LogP contribution in [0, 0.1) is 0 Å². The number of phenols is 1. The molecule has 18 heavy (non-hydrogen) atoms. The average Bonchev–Trinajstić information content (AvgIpc) is 2.34. The number of hydrogen-bond acceptors (Lipinski definition) is 4. The Morgan fingerprint density at radius 3 is 2.67 bits per heavy atom. The predicted molar refractivity (Wildman–Crippen MR) is 67.7 cm³/mol. The third kappa shape index (κ3) is 4.20. The number of esters is 1. The number of ether oxygens (including phenoxy) is 1. The second-order valence-electron chi connectivity index (χ2n) is 4.06. The van der Waals surface area contributed by atoms with E-state index >= 15 is 0 Å². The maximum Gasteiger partial charge on any atom is 0.302 e. The monoisotopic (exact) mass is 250 g/mol. The van der Waals surface area contributed by atoms with E-state index in [0.717, 1.165) is 5.56 Å². The van der Waals surface area contributed by atoms with Crippen LogP contribution in [0.3, 0.4) is 0 Å². The van der Waals surface area contributed by atoms with Crippen LogP contribution in [0.1, 0.15) is 42.6 Å². The summed E-state index contributed by atoms with van der Waals surface area (Å²) in [5.41, 5.74) is 1.35. The molecule has 0 amide bonds. The third-order valence-corrected chi connectivity index (χ3v) is 2.64. The van der Waals surface area contributed by atoms with Crippen molar-refractivity contribution in [1.29, 1.82) is 0 Å². The highest BCUT2D eigenvalue weighted by molar-refractivity contribution is 5.96. The highest BCUT2D eigenvalue weighted by Crippen LogP contribution is 2.20. The molecule has 4 heteroatoms. The van der Waals surface area contributed by atoms with Crippen molar-refractivity contribution in [2.24, 2.45) is 0 Å². The van der Waals surface area contributed by atoms with Gasteiger partial charge >= 0.3 is 5.97 Å². The van der Waals surface area contributed by atoms with E-state index < -0.39 is 0 Å². The van der Waals surface area contributed by atoms with E-state index in [2.05, 4.69) is 0 Å². The van der Waals surface area contributed by atoms with Gasteiger partial charge in [-0.05, 0) is 36.6 Å². The van der Waals surface area contributed by atoms with Gasteiger partial charge in [-0.25, -0.2) is 0 Å². The van der Waals surface area contributed by atoms with Crippen LogP contribution in [-0.2, 0) is 16.0 Å². The fourth-order valence-corrected chi connectivity index (χ4v) is 1.64. The van der Waals surface area contributed by atoms with Gasteiger partial charge in [-0.15, -0.1) is 0 Å². The molecule has 1 rings (SSSR count). The molecule has 98 valence electrons. The highest BCUT2D eigenvalue weighted by Gasteiger charge is 2.08. The summed E-state index contributed by atoms with van der Waals surface area (Å²) < 4.78 is 4.76. The lowest BCUT2D eigenvalue weighted by Gasteiger charge is -2.05. The van der Waals surface area contributed by atoms with Crippen LogP contribution < -0.4 is 0 Å². The molecule has 1 aromatic rings. The average molecular weight is 250 g/mol. The Morgan fingerprint density at radius 1 is 1.33 bits per heavy atom. The van der Waals surface area contributed by atoms with Gasteiger partial charge in [-0.3, -0.25) is 9.59 Å². The lowest BCUT2D eigenvalue weighted by atomic mass is 10.0. The van der Waals surface area contributed by atoms with Gasteiger partial charge in [-0.2, -0.15) is 0 Å². The predicted octanol–water partition coefficient (Wildman–Crippen LogP) is 2.48. The molecule has 0 saturated carbocycles. The number of benzene rings is 1. The molecule has 0 saturated heterocycles. The molecule has 0 unspecified atom stereocenters. The Bertz CT molecular complexity index is 437.